The lowest BCUT2D eigenvalue weighted by molar-refractivity contribution is -0.0549. The summed E-state index contributed by atoms with van der Waals surface area (Å²) in [6, 6.07) is 0. The van der Waals surface area contributed by atoms with Crippen molar-refractivity contribution in [3.05, 3.63) is 0 Å². The molecule has 0 aliphatic rings. The van der Waals surface area contributed by atoms with Crippen LogP contribution in [0.25, 0.3) is 0 Å². The molecule has 3 nitrogen and oxygen atoms in total. The van der Waals surface area contributed by atoms with Gasteiger partial charge in [-0.1, -0.05) is 26.7 Å². The Bertz CT molecular complexity index is 271. The van der Waals surface area contributed by atoms with Crippen LogP contribution in [-0.2, 0) is 14.3 Å². The topological polar surface area (TPSA) is 43.4 Å². The van der Waals surface area contributed by atoms with E-state index in [9.17, 15) is 21.6 Å². The molecule has 0 aliphatic heterocycles. The van der Waals surface area contributed by atoms with Crippen LogP contribution in [0.2, 0.25) is 0 Å². The maximum Gasteiger partial charge on any atom is 0.523 e. The number of halogens is 3. The summed E-state index contributed by atoms with van der Waals surface area (Å²) >= 11 is 0. The molecule has 0 aromatic heterocycles. The van der Waals surface area contributed by atoms with Gasteiger partial charge >= 0.3 is 15.6 Å². The Balaban J connectivity index is 4.06. The molecule has 0 amide bonds. The van der Waals surface area contributed by atoms with Crippen LogP contribution in [0.1, 0.15) is 33.1 Å². The van der Waals surface area contributed by atoms with Crippen LogP contribution in [0.5, 0.6) is 0 Å². The third-order valence-electron chi connectivity index (χ3n) is 1.84. The van der Waals surface area contributed by atoms with Crippen LogP contribution in [0.15, 0.2) is 0 Å². The summed E-state index contributed by atoms with van der Waals surface area (Å²) in [7, 11) is -5.42. The zero-order chi connectivity index (χ0) is 12.1. The first-order chi connectivity index (χ1) is 6.70. The largest absolute Gasteiger partial charge is 0.523 e. The molecule has 0 aromatic rings. The molecular formula is C8H15F3O3S. The van der Waals surface area contributed by atoms with Crippen LogP contribution in [0, 0.1) is 5.92 Å². The quantitative estimate of drug-likeness (QED) is 0.536. The molecule has 0 aromatic carbocycles. The van der Waals surface area contributed by atoms with Crippen molar-refractivity contribution in [1.82, 2.24) is 0 Å². The van der Waals surface area contributed by atoms with Crippen LogP contribution < -0.4 is 0 Å². The van der Waals surface area contributed by atoms with Crippen molar-refractivity contribution in [2.75, 3.05) is 6.61 Å². The molecule has 0 fully saturated rings. The predicted molar refractivity (Wildman–Crippen MR) is 49.6 cm³/mol. The van der Waals surface area contributed by atoms with Crippen LogP contribution in [-0.4, -0.2) is 20.5 Å². The van der Waals surface area contributed by atoms with E-state index in [4.69, 9.17) is 0 Å². The normalized spacial score (nSPS) is 15.3. The predicted octanol–water partition coefficient (Wildman–Crippen LogP) is 2.68. The van der Waals surface area contributed by atoms with Gasteiger partial charge in [0, 0.05) is 0 Å². The molecule has 15 heavy (non-hydrogen) atoms. The smallest absolute Gasteiger partial charge is 0.263 e. The van der Waals surface area contributed by atoms with E-state index in [0.717, 1.165) is 12.8 Å². The highest BCUT2D eigenvalue weighted by atomic mass is 32.2. The maximum atomic E-state index is 11.8. The summed E-state index contributed by atoms with van der Waals surface area (Å²) < 4.78 is 60.3. The van der Waals surface area contributed by atoms with E-state index in [1.54, 1.807) is 6.92 Å². The van der Waals surface area contributed by atoms with E-state index in [-0.39, 0.29) is 5.92 Å². The molecule has 0 heterocycles. The van der Waals surface area contributed by atoms with E-state index in [2.05, 4.69) is 4.18 Å². The van der Waals surface area contributed by atoms with Gasteiger partial charge in [-0.15, -0.1) is 0 Å². The lowest BCUT2D eigenvalue weighted by atomic mass is 10.1. The molecule has 0 radical (unpaired) electrons. The highest BCUT2D eigenvalue weighted by molar-refractivity contribution is 7.87. The molecule has 0 saturated heterocycles. The molecule has 0 spiro atoms. The van der Waals surface area contributed by atoms with Gasteiger partial charge in [-0.2, -0.15) is 21.6 Å². The number of rotatable bonds is 6. The van der Waals surface area contributed by atoms with Crippen molar-refractivity contribution >= 4 is 10.1 Å². The maximum absolute atomic E-state index is 11.8. The van der Waals surface area contributed by atoms with Crippen molar-refractivity contribution < 1.29 is 25.8 Å². The highest BCUT2D eigenvalue weighted by Crippen LogP contribution is 2.25. The summed E-state index contributed by atoms with van der Waals surface area (Å²) in [6.07, 6.45) is 2.41. The molecule has 0 rings (SSSR count). The molecular weight excluding hydrogens is 233 g/mol. The van der Waals surface area contributed by atoms with Gasteiger partial charge in [-0.05, 0) is 12.3 Å². The standard InChI is InChI=1S/C8H15F3O3S/c1-3-4-5-7(2)6-14-15(12,13)8(9,10)11/h7H,3-6H2,1-2H3/t7-/m1/s1. The summed E-state index contributed by atoms with van der Waals surface area (Å²) in [5.74, 6) is -0.193. The van der Waals surface area contributed by atoms with E-state index in [0.29, 0.717) is 6.42 Å². The van der Waals surface area contributed by atoms with Crippen molar-refractivity contribution in [3.63, 3.8) is 0 Å². The van der Waals surface area contributed by atoms with Crippen molar-refractivity contribution in [1.29, 1.82) is 0 Å². The minimum atomic E-state index is -5.42. The van der Waals surface area contributed by atoms with Gasteiger partial charge in [0.1, 0.15) is 0 Å². The molecule has 0 aliphatic carbocycles. The number of unbranched alkanes of at least 4 members (excludes halogenated alkanes) is 1. The lowest BCUT2D eigenvalue weighted by Crippen LogP contribution is -2.27. The first kappa shape index (κ1) is 14.7. The Kier molecular flexibility index (Phi) is 5.58. The molecule has 92 valence electrons. The third kappa shape index (κ3) is 5.36. The van der Waals surface area contributed by atoms with Gasteiger partial charge < -0.3 is 0 Å². The minimum Gasteiger partial charge on any atom is -0.263 e. The molecule has 0 saturated carbocycles. The second-order valence-electron chi connectivity index (χ2n) is 3.43. The highest BCUT2D eigenvalue weighted by Gasteiger charge is 2.47. The molecule has 0 unspecified atom stereocenters. The first-order valence-electron chi connectivity index (χ1n) is 4.66. The average molecular weight is 248 g/mol. The van der Waals surface area contributed by atoms with Crippen LogP contribution in [0.4, 0.5) is 13.2 Å². The van der Waals surface area contributed by atoms with Gasteiger partial charge in [0.2, 0.25) is 0 Å². The lowest BCUT2D eigenvalue weighted by Gasteiger charge is -2.12. The molecule has 7 heteroatoms. The average Bonchev–Trinajstić information content (AvgIpc) is 2.09. The number of hydrogen-bond acceptors (Lipinski definition) is 3. The second kappa shape index (κ2) is 5.69. The molecule has 0 N–H and O–H groups in total. The minimum absolute atomic E-state index is 0.193. The SMILES string of the molecule is CCCC[C@@H](C)COS(=O)(=O)C(F)(F)F. The van der Waals surface area contributed by atoms with E-state index >= 15 is 0 Å². The fourth-order valence-corrected chi connectivity index (χ4v) is 1.45. The molecule has 0 bridgehead atoms. The second-order valence-corrected chi connectivity index (χ2v) is 5.04. The Labute approximate surface area is 87.7 Å². The Morgan fingerprint density at radius 1 is 1.33 bits per heavy atom. The fourth-order valence-electron chi connectivity index (χ4n) is 0.908. The monoisotopic (exact) mass is 248 g/mol. The Morgan fingerprint density at radius 2 is 1.87 bits per heavy atom. The molecule has 1 atom stereocenters. The van der Waals surface area contributed by atoms with Crippen molar-refractivity contribution in [2.45, 2.75) is 38.6 Å². The van der Waals surface area contributed by atoms with Crippen LogP contribution >= 0.6 is 0 Å². The summed E-state index contributed by atoms with van der Waals surface area (Å²) in [5, 5.41) is 0. The zero-order valence-corrected chi connectivity index (χ0v) is 9.49. The Hall–Kier alpha value is -0.300. The van der Waals surface area contributed by atoms with Gasteiger partial charge in [0.05, 0.1) is 6.61 Å². The van der Waals surface area contributed by atoms with E-state index in [1.807, 2.05) is 6.92 Å². The van der Waals surface area contributed by atoms with Crippen molar-refractivity contribution in [3.8, 4) is 0 Å². The van der Waals surface area contributed by atoms with Gasteiger partial charge in [-0.25, -0.2) is 0 Å². The third-order valence-corrected chi connectivity index (χ3v) is 2.85. The summed E-state index contributed by atoms with van der Waals surface area (Å²) in [6.45, 7) is 3.18. The Morgan fingerprint density at radius 3 is 2.27 bits per heavy atom. The summed E-state index contributed by atoms with van der Waals surface area (Å²) in [4.78, 5) is 0. The van der Waals surface area contributed by atoms with Crippen molar-refractivity contribution in [2.24, 2.45) is 5.92 Å². The van der Waals surface area contributed by atoms with Gasteiger partial charge in [0.25, 0.3) is 0 Å². The zero-order valence-electron chi connectivity index (χ0n) is 8.67. The van der Waals surface area contributed by atoms with Gasteiger partial charge in [-0.3, -0.25) is 4.18 Å². The first-order valence-corrected chi connectivity index (χ1v) is 6.07. The van der Waals surface area contributed by atoms with Gasteiger partial charge in [0.15, 0.2) is 0 Å². The fraction of sp³-hybridized carbons (Fsp3) is 1.00. The van der Waals surface area contributed by atoms with E-state index in [1.165, 1.54) is 0 Å². The van der Waals surface area contributed by atoms with E-state index < -0.39 is 22.2 Å². The van der Waals surface area contributed by atoms with Crippen LogP contribution in [0.3, 0.4) is 0 Å². The number of alkyl halides is 3. The summed E-state index contributed by atoms with van der Waals surface area (Å²) in [5.41, 5.74) is -5.32. The number of hydrogen-bond donors (Lipinski definition) is 0.